The van der Waals surface area contributed by atoms with Gasteiger partial charge >= 0.3 is 7.12 Å². The summed E-state index contributed by atoms with van der Waals surface area (Å²) in [6.45, 7) is 14.2. The van der Waals surface area contributed by atoms with Crippen molar-refractivity contribution in [2.75, 3.05) is 0 Å². The Kier molecular flexibility index (Phi) is 5.13. The summed E-state index contributed by atoms with van der Waals surface area (Å²) in [5.74, 6) is 0.0506. The maximum atomic E-state index is 13.0. The van der Waals surface area contributed by atoms with Gasteiger partial charge < -0.3 is 9.31 Å². The van der Waals surface area contributed by atoms with Crippen molar-refractivity contribution in [3.05, 3.63) is 47.4 Å². The molecular formula is C20H29BO3. The highest BCUT2D eigenvalue weighted by Crippen LogP contribution is 2.39. The number of rotatable bonds is 4. The zero-order valence-corrected chi connectivity index (χ0v) is 16.0. The van der Waals surface area contributed by atoms with Gasteiger partial charge in [0, 0.05) is 11.9 Å². The third-order valence-corrected chi connectivity index (χ3v) is 4.63. The van der Waals surface area contributed by atoms with Gasteiger partial charge in [0.05, 0.1) is 11.2 Å². The number of carbonyl (C=O) groups is 1. The number of benzene rings is 1. The standard InChI is InChI=1S/C20H29BO3/c1-18(2,3)14-16(17(22)13-15-11-9-8-10-12-15)21-23-19(4,5)20(6,7)24-21/h8-12,14H,13H2,1-7H3/b16-14-. The van der Waals surface area contributed by atoms with Crippen LogP contribution in [-0.4, -0.2) is 24.1 Å². The normalized spacial score (nSPS) is 20.3. The fourth-order valence-corrected chi connectivity index (χ4v) is 2.60. The lowest BCUT2D eigenvalue weighted by Gasteiger charge is -2.32. The van der Waals surface area contributed by atoms with Crippen LogP contribution in [0.25, 0.3) is 0 Å². The van der Waals surface area contributed by atoms with E-state index in [2.05, 4.69) is 20.8 Å². The van der Waals surface area contributed by atoms with Crippen molar-refractivity contribution >= 4 is 12.9 Å². The van der Waals surface area contributed by atoms with Crippen molar-refractivity contribution in [3.63, 3.8) is 0 Å². The molecule has 0 radical (unpaired) electrons. The highest BCUT2D eigenvalue weighted by molar-refractivity contribution is 6.62. The van der Waals surface area contributed by atoms with E-state index < -0.39 is 18.3 Å². The first-order chi connectivity index (χ1) is 10.9. The van der Waals surface area contributed by atoms with E-state index in [1.165, 1.54) is 0 Å². The SMILES string of the molecule is CC(C)(C)/C=C(\B1OC(C)(C)C(C)(C)O1)C(=O)Cc1ccccc1. The maximum Gasteiger partial charge on any atom is 0.498 e. The predicted octanol–water partition coefficient (Wildman–Crippen LogP) is 4.40. The van der Waals surface area contributed by atoms with Crippen LogP contribution in [-0.2, 0) is 20.5 Å². The Labute approximate surface area is 146 Å². The van der Waals surface area contributed by atoms with Crippen molar-refractivity contribution in [3.8, 4) is 0 Å². The zero-order chi connectivity index (χ0) is 18.2. The number of ketones is 1. The van der Waals surface area contributed by atoms with Gasteiger partial charge in [0.2, 0.25) is 0 Å². The molecule has 0 N–H and O–H groups in total. The Morgan fingerprint density at radius 1 is 1.04 bits per heavy atom. The molecule has 3 nitrogen and oxygen atoms in total. The lowest BCUT2D eigenvalue weighted by atomic mass is 9.71. The van der Waals surface area contributed by atoms with E-state index >= 15 is 0 Å². The quantitative estimate of drug-likeness (QED) is 0.607. The topological polar surface area (TPSA) is 35.5 Å². The van der Waals surface area contributed by atoms with Gasteiger partial charge in [-0.25, -0.2) is 0 Å². The molecule has 1 aromatic carbocycles. The minimum absolute atomic E-state index is 0.0506. The Hall–Kier alpha value is -1.39. The molecule has 0 saturated carbocycles. The van der Waals surface area contributed by atoms with Gasteiger partial charge in [-0.2, -0.15) is 0 Å². The lowest BCUT2D eigenvalue weighted by Crippen LogP contribution is -2.41. The van der Waals surface area contributed by atoms with E-state index in [1.807, 2.05) is 64.1 Å². The fourth-order valence-electron chi connectivity index (χ4n) is 2.60. The molecule has 1 aliphatic rings. The molecule has 1 saturated heterocycles. The minimum atomic E-state index is -0.620. The summed E-state index contributed by atoms with van der Waals surface area (Å²) in [7, 11) is -0.620. The van der Waals surface area contributed by atoms with Gasteiger partial charge in [-0.1, -0.05) is 57.2 Å². The van der Waals surface area contributed by atoms with Crippen molar-refractivity contribution in [1.29, 1.82) is 0 Å². The number of Topliss-reactive ketones (excluding diaryl/α,β-unsaturated/α-hetero) is 1. The third kappa shape index (κ3) is 4.37. The molecule has 1 heterocycles. The number of hydrogen-bond donors (Lipinski definition) is 0. The second kappa shape index (κ2) is 6.49. The second-order valence-corrected chi connectivity index (χ2v) is 8.64. The fraction of sp³-hybridized carbons (Fsp3) is 0.550. The Morgan fingerprint density at radius 3 is 2.00 bits per heavy atom. The Balaban J connectivity index is 2.30. The molecule has 0 aliphatic carbocycles. The van der Waals surface area contributed by atoms with Gasteiger partial charge in [0.1, 0.15) is 0 Å². The molecule has 0 spiro atoms. The molecule has 130 valence electrons. The average molecular weight is 328 g/mol. The second-order valence-electron chi connectivity index (χ2n) is 8.64. The third-order valence-electron chi connectivity index (χ3n) is 4.63. The van der Waals surface area contributed by atoms with Crippen molar-refractivity contribution in [1.82, 2.24) is 0 Å². The predicted molar refractivity (Wildman–Crippen MR) is 98.8 cm³/mol. The van der Waals surface area contributed by atoms with Crippen LogP contribution >= 0.6 is 0 Å². The molecule has 2 rings (SSSR count). The van der Waals surface area contributed by atoms with Crippen molar-refractivity contribution in [2.24, 2.45) is 5.41 Å². The van der Waals surface area contributed by atoms with Crippen LogP contribution in [0.4, 0.5) is 0 Å². The summed E-state index contributed by atoms with van der Waals surface area (Å²) in [4.78, 5) is 13.0. The Bertz CT molecular complexity index is 608. The van der Waals surface area contributed by atoms with Gasteiger partial charge in [-0.15, -0.1) is 0 Å². The van der Waals surface area contributed by atoms with Gasteiger partial charge in [0.15, 0.2) is 5.78 Å². The maximum absolute atomic E-state index is 13.0. The monoisotopic (exact) mass is 328 g/mol. The summed E-state index contributed by atoms with van der Waals surface area (Å²) < 4.78 is 12.2. The summed E-state index contributed by atoms with van der Waals surface area (Å²) in [6.07, 6.45) is 2.34. The molecule has 24 heavy (non-hydrogen) atoms. The highest BCUT2D eigenvalue weighted by Gasteiger charge is 2.53. The number of hydrogen-bond acceptors (Lipinski definition) is 3. The van der Waals surface area contributed by atoms with Gasteiger partial charge in [0.25, 0.3) is 0 Å². The summed E-state index contributed by atoms with van der Waals surface area (Å²) in [5.41, 5.74) is 0.568. The molecule has 0 atom stereocenters. The van der Waals surface area contributed by atoms with Crippen LogP contribution in [0, 0.1) is 5.41 Å². The summed E-state index contributed by atoms with van der Waals surface area (Å²) >= 11 is 0. The molecule has 1 fully saturated rings. The van der Waals surface area contributed by atoms with E-state index in [0.717, 1.165) is 5.56 Å². The first kappa shape index (κ1) is 18.9. The minimum Gasteiger partial charge on any atom is -0.399 e. The van der Waals surface area contributed by atoms with Crippen LogP contribution < -0.4 is 0 Å². The number of allylic oxidation sites excluding steroid dienone is 2. The van der Waals surface area contributed by atoms with Gasteiger partial charge in [-0.05, 0) is 38.7 Å². The van der Waals surface area contributed by atoms with Crippen LogP contribution in [0.15, 0.2) is 41.9 Å². The largest absolute Gasteiger partial charge is 0.498 e. The molecular weight excluding hydrogens is 299 g/mol. The molecule has 0 unspecified atom stereocenters. The smallest absolute Gasteiger partial charge is 0.399 e. The molecule has 1 aromatic rings. The van der Waals surface area contributed by atoms with Crippen LogP contribution in [0.5, 0.6) is 0 Å². The van der Waals surface area contributed by atoms with E-state index in [9.17, 15) is 4.79 Å². The lowest BCUT2D eigenvalue weighted by molar-refractivity contribution is -0.114. The molecule has 1 aliphatic heterocycles. The van der Waals surface area contributed by atoms with E-state index in [-0.39, 0.29) is 11.2 Å². The van der Waals surface area contributed by atoms with E-state index in [4.69, 9.17) is 9.31 Å². The highest BCUT2D eigenvalue weighted by atomic mass is 16.7. The zero-order valence-electron chi connectivity index (χ0n) is 16.0. The summed E-state index contributed by atoms with van der Waals surface area (Å²) in [6, 6.07) is 9.79. The van der Waals surface area contributed by atoms with E-state index in [1.54, 1.807) is 0 Å². The summed E-state index contributed by atoms with van der Waals surface area (Å²) in [5, 5.41) is 0. The van der Waals surface area contributed by atoms with Crippen molar-refractivity contribution in [2.45, 2.75) is 66.1 Å². The molecule has 0 amide bonds. The van der Waals surface area contributed by atoms with Crippen molar-refractivity contribution < 1.29 is 14.1 Å². The van der Waals surface area contributed by atoms with Crippen LogP contribution in [0.3, 0.4) is 0 Å². The first-order valence-electron chi connectivity index (χ1n) is 8.57. The Morgan fingerprint density at radius 2 is 1.54 bits per heavy atom. The van der Waals surface area contributed by atoms with Crippen LogP contribution in [0.1, 0.15) is 54.0 Å². The van der Waals surface area contributed by atoms with Gasteiger partial charge in [-0.3, -0.25) is 4.79 Å². The van der Waals surface area contributed by atoms with Crippen LogP contribution in [0.2, 0.25) is 0 Å². The average Bonchev–Trinajstić information content (AvgIpc) is 2.64. The first-order valence-corrected chi connectivity index (χ1v) is 8.57. The van der Waals surface area contributed by atoms with E-state index in [0.29, 0.717) is 11.9 Å². The molecule has 0 aromatic heterocycles. The molecule has 0 bridgehead atoms. The number of carbonyl (C=O) groups excluding carboxylic acids is 1. The molecule has 4 heteroatoms.